The Hall–Kier alpha value is -1.40. The molecule has 126 valence electrons. The summed E-state index contributed by atoms with van der Waals surface area (Å²) in [6.07, 6.45) is 3.00. The van der Waals surface area contributed by atoms with Crippen molar-refractivity contribution < 1.29 is 19.1 Å². The molecule has 1 aromatic rings. The first-order valence-corrected chi connectivity index (χ1v) is 8.85. The van der Waals surface area contributed by atoms with E-state index in [2.05, 4.69) is 0 Å². The van der Waals surface area contributed by atoms with Gasteiger partial charge in [0.25, 0.3) is 0 Å². The molecule has 1 spiro atoms. The van der Waals surface area contributed by atoms with Crippen molar-refractivity contribution in [3.8, 4) is 0 Å². The molecule has 1 aromatic heterocycles. The third-order valence-corrected chi connectivity index (χ3v) is 5.62. The quantitative estimate of drug-likeness (QED) is 0.737. The molecule has 6 heteroatoms. The fourth-order valence-electron chi connectivity index (χ4n) is 3.25. The number of piperidine rings is 1. The summed E-state index contributed by atoms with van der Waals surface area (Å²) < 4.78 is 11.6. The maximum atomic E-state index is 12.2. The largest absolute Gasteiger partial charge is 0.444 e. The SMILES string of the molecule is CC(C)(C)OC(=O)N1CCC2(CC1)OCCc1cc(C=O)sc12. The van der Waals surface area contributed by atoms with Crippen molar-refractivity contribution in [1.82, 2.24) is 4.90 Å². The number of hydrogen-bond acceptors (Lipinski definition) is 5. The number of carbonyl (C=O) groups excluding carboxylic acids is 2. The number of rotatable bonds is 1. The lowest BCUT2D eigenvalue weighted by Crippen LogP contribution is -2.49. The lowest BCUT2D eigenvalue weighted by Gasteiger charge is -2.43. The molecule has 2 aliphatic rings. The molecular formula is C17H23NO4S. The predicted octanol–water partition coefficient (Wildman–Crippen LogP) is 3.36. The molecule has 0 aliphatic carbocycles. The highest BCUT2D eigenvalue weighted by Crippen LogP contribution is 2.45. The van der Waals surface area contributed by atoms with Crippen LogP contribution in [0.15, 0.2) is 6.07 Å². The maximum absolute atomic E-state index is 12.2. The predicted molar refractivity (Wildman–Crippen MR) is 88.1 cm³/mol. The van der Waals surface area contributed by atoms with Gasteiger partial charge >= 0.3 is 6.09 Å². The van der Waals surface area contributed by atoms with E-state index in [1.165, 1.54) is 21.8 Å². The Bertz CT molecular complexity index is 609. The topological polar surface area (TPSA) is 55.8 Å². The number of ether oxygens (including phenoxy) is 2. The maximum Gasteiger partial charge on any atom is 0.410 e. The second-order valence-electron chi connectivity index (χ2n) is 7.18. The molecule has 3 rings (SSSR count). The van der Waals surface area contributed by atoms with Gasteiger partial charge in [0.05, 0.1) is 11.5 Å². The Morgan fingerprint density at radius 2 is 2.09 bits per heavy atom. The van der Waals surface area contributed by atoms with Gasteiger partial charge in [-0.2, -0.15) is 0 Å². The highest BCUT2D eigenvalue weighted by Gasteiger charge is 2.43. The van der Waals surface area contributed by atoms with Crippen LogP contribution in [0.1, 0.15) is 53.7 Å². The first kappa shape index (κ1) is 16.5. The fraction of sp³-hybridized carbons (Fsp3) is 0.647. The Balaban J connectivity index is 1.73. The molecule has 1 fully saturated rings. The Morgan fingerprint density at radius 3 is 2.70 bits per heavy atom. The number of aldehydes is 1. The van der Waals surface area contributed by atoms with Crippen molar-refractivity contribution in [2.45, 2.75) is 51.2 Å². The number of carbonyl (C=O) groups is 2. The summed E-state index contributed by atoms with van der Waals surface area (Å²) >= 11 is 1.53. The highest BCUT2D eigenvalue weighted by atomic mass is 32.1. The summed E-state index contributed by atoms with van der Waals surface area (Å²) in [6.45, 7) is 7.53. The van der Waals surface area contributed by atoms with Crippen LogP contribution in [0.5, 0.6) is 0 Å². The van der Waals surface area contributed by atoms with E-state index in [-0.39, 0.29) is 11.7 Å². The molecular weight excluding hydrogens is 314 g/mol. The van der Waals surface area contributed by atoms with Crippen LogP contribution in [0.2, 0.25) is 0 Å². The van der Waals surface area contributed by atoms with E-state index in [1.54, 1.807) is 4.90 Å². The van der Waals surface area contributed by atoms with E-state index in [9.17, 15) is 9.59 Å². The minimum atomic E-state index is -0.479. The van der Waals surface area contributed by atoms with E-state index < -0.39 is 5.60 Å². The van der Waals surface area contributed by atoms with Gasteiger partial charge in [-0.15, -0.1) is 11.3 Å². The van der Waals surface area contributed by atoms with Gasteiger partial charge in [-0.05, 0) is 51.7 Å². The second-order valence-corrected chi connectivity index (χ2v) is 8.26. The van der Waals surface area contributed by atoms with E-state index in [4.69, 9.17) is 9.47 Å². The van der Waals surface area contributed by atoms with Gasteiger partial charge in [-0.25, -0.2) is 4.79 Å². The van der Waals surface area contributed by atoms with E-state index in [0.29, 0.717) is 19.7 Å². The van der Waals surface area contributed by atoms with Crippen molar-refractivity contribution in [2.24, 2.45) is 0 Å². The Kier molecular flexibility index (Phi) is 4.23. The van der Waals surface area contributed by atoms with Crippen molar-refractivity contribution in [1.29, 1.82) is 0 Å². The molecule has 3 heterocycles. The van der Waals surface area contributed by atoms with Crippen LogP contribution in [0.25, 0.3) is 0 Å². The van der Waals surface area contributed by atoms with E-state index in [0.717, 1.165) is 30.4 Å². The van der Waals surface area contributed by atoms with Crippen LogP contribution in [0.3, 0.4) is 0 Å². The van der Waals surface area contributed by atoms with Gasteiger partial charge in [-0.1, -0.05) is 0 Å². The molecule has 1 saturated heterocycles. The zero-order valence-corrected chi connectivity index (χ0v) is 14.7. The van der Waals surface area contributed by atoms with E-state index >= 15 is 0 Å². The molecule has 0 bridgehead atoms. The molecule has 0 saturated carbocycles. The number of nitrogens with zero attached hydrogens (tertiary/aromatic N) is 1. The molecule has 0 N–H and O–H groups in total. The molecule has 1 amide bonds. The molecule has 0 unspecified atom stereocenters. The number of fused-ring (bicyclic) bond motifs is 2. The molecule has 23 heavy (non-hydrogen) atoms. The van der Waals surface area contributed by atoms with E-state index in [1.807, 2.05) is 26.8 Å². The summed E-state index contributed by atoms with van der Waals surface area (Å²) in [5.41, 5.74) is 0.416. The van der Waals surface area contributed by atoms with Crippen molar-refractivity contribution in [3.63, 3.8) is 0 Å². The lowest BCUT2D eigenvalue weighted by atomic mass is 9.85. The molecule has 5 nitrogen and oxygen atoms in total. The van der Waals surface area contributed by atoms with Gasteiger partial charge in [0, 0.05) is 18.0 Å². The Morgan fingerprint density at radius 1 is 1.39 bits per heavy atom. The number of amides is 1. The number of likely N-dealkylation sites (tertiary alicyclic amines) is 1. The van der Waals surface area contributed by atoms with Crippen LogP contribution >= 0.6 is 11.3 Å². The minimum Gasteiger partial charge on any atom is -0.444 e. The minimum absolute atomic E-state index is 0.261. The number of hydrogen-bond donors (Lipinski definition) is 0. The zero-order valence-electron chi connectivity index (χ0n) is 13.9. The van der Waals surface area contributed by atoms with Crippen molar-refractivity contribution in [2.75, 3.05) is 19.7 Å². The highest BCUT2D eigenvalue weighted by molar-refractivity contribution is 7.14. The van der Waals surface area contributed by atoms with Gasteiger partial charge in [0.1, 0.15) is 11.2 Å². The zero-order chi connectivity index (χ0) is 16.7. The van der Waals surface area contributed by atoms with Gasteiger partial charge in [0.15, 0.2) is 6.29 Å². The van der Waals surface area contributed by atoms with Crippen LogP contribution in [0.4, 0.5) is 4.79 Å². The second kappa shape index (κ2) is 5.91. The monoisotopic (exact) mass is 337 g/mol. The smallest absolute Gasteiger partial charge is 0.410 e. The van der Waals surface area contributed by atoms with Crippen LogP contribution in [0, 0.1) is 0 Å². The molecule has 0 radical (unpaired) electrons. The number of thiophene rings is 1. The third kappa shape index (κ3) is 3.28. The average Bonchev–Trinajstić information content (AvgIpc) is 2.91. The lowest BCUT2D eigenvalue weighted by molar-refractivity contribution is -0.0950. The van der Waals surface area contributed by atoms with Crippen LogP contribution < -0.4 is 0 Å². The summed E-state index contributed by atoms with van der Waals surface area (Å²) in [4.78, 5) is 27.0. The fourth-order valence-corrected chi connectivity index (χ4v) is 4.48. The van der Waals surface area contributed by atoms with Gasteiger partial charge < -0.3 is 14.4 Å². The molecule has 2 aliphatic heterocycles. The van der Waals surface area contributed by atoms with Crippen LogP contribution in [-0.2, 0) is 21.5 Å². The first-order valence-electron chi connectivity index (χ1n) is 8.03. The van der Waals surface area contributed by atoms with Crippen molar-refractivity contribution in [3.05, 3.63) is 21.4 Å². The molecule has 0 aromatic carbocycles. The van der Waals surface area contributed by atoms with Crippen molar-refractivity contribution >= 4 is 23.7 Å². The Labute approximate surface area is 140 Å². The standard InChI is InChI=1S/C17H23NO4S/c1-16(2,3)22-15(20)18-7-5-17(6-8-18)14-12(4-9-21-17)10-13(11-19)23-14/h10-11H,4-9H2,1-3H3. The van der Waals surface area contributed by atoms with Gasteiger partial charge in [0.2, 0.25) is 0 Å². The summed E-state index contributed by atoms with van der Waals surface area (Å²) in [5.74, 6) is 0. The van der Waals surface area contributed by atoms with Gasteiger partial charge in [-0.3, -0.25) is 4.79 Å². The summed E-state index contributed by atoms with van der Waals surface area (Å²) in [7, 11) is 0. The first-order chi connectivity index (χ1) is 10.8. The average molecular weight is 337 g/mol. The molecule has 0 atom stereocenters. The summed E-state index contributed by atoms with van der Waals surface area (Å²) in [6, 6.07) is 1.98. The summed E-state index contributed by atoms with van der Waals surface area (Å²) in [5, 5.41) is 0. The third-order valence-electron chi connectivity index (χ3n) is 4.33. The normalized spacial score (nSPS) is 20.2. The van der Waals surface area contributed by atoms with Crippen LogP contribution in [-0.4, -0.2) is 42.6 Å².